The molecule has 5 heteroatoms. The fraction of sp³-hybridized carbons (Fsp3) is 0.963. The van der Waals surface area contributed by atoms with E-state index in [1.54, 1.807) is 0 Å². The maximum atomic E-state index is 11.2. The van der Waals surface area contributed by atoms with Gasteiger partial charge in [-0.05, 0) is 89.9 Å². The first kappa shape index (κ1) is 27.6. The first-order valence-corrected chi connectivity index (χ1v) is 13.3. The van der Waals surface area contributed by atoms with E-state index in [-0.39, 0.29) is 12.0 Å². The van der Waals surface area contributed by atoms with Crippen LogP contribution in [0.5, 0.6) is 0 Å². The molecule has 0 aromatic heterocycles. The van der Waals surface area contributed by atoms with Gasteiger partial charge < -0.3 is 19.7 Å². The lowest BCUT2D eigenvalue weighted by Crippen LogP contribution is -2.23. The SMILES string of the molecule is CC(C)(CO)CCCCC1CCC(CCCC2CCC(CCCCC(C)(C)C(=O)O)O2)O1. The smallest absolute Gasteiger partial charge is 0.309 e. The van der Waals surface area contributed by atoms with Crippen LogP contribution in [0.3, 0.4) is 0 Å². The summed E-state index contributed by atoms with van der Waals surface area (Å²) in [6.07, 6.45) is 18.3. The number of aliphatic hydroxyl groups excluding tert-OH is 1. The fourth-order valence-electron chi connectivity index (χ4n) is 5.08. The van der Waals surface area contributed by atoms with Crippen LogP contribution in [0.4, 0.5) is 0 Å². The summed E-state index contributed by atoms with van der Waals surface area (Å²) >= 11 is 0. The Balaban J connectivity index is 1.48. The number of carboxylic acids is 1. The second-order valence-electron chi connectivity index (χ2n) is 11.8. The van der Waals surface area contributed by atoms with Crippen molar-refractivity contribution < 1.29 is 24.5 Å². The van der Waals surface area contributed by atoms with E-state index in [4.69, 9.17) is 9.47 Å². The highest BCUT2D eigenvalue weighted by Crippen LogP contribution is 2.32. The predicted molar refractivity (Wildman–Crippen MR) is 129 cm³/mol. The molecule has 2 fully saturated rings. The molecule has 4 atom stereocenters. The lowest BCUT2D eigenvalue weighted by atomic mass is 9.87. The van der Waals surface area contributed by atoms with E-state index < -0.39 is 11.4 Å². The van der Waals surface area contributed by atoms with Gasteiger partial charge in [-0.2, -0.15) is 0 Å². The molecule has 2 heterocycles. The summed E-state index contributed by atoms with van der Waals surface area (Å²) in [4.78, 5) is 11.2. The van der Waals surface area contributed by atoms with E-state index in [9.17, 15) is 15.0 Å². The molecule has 0 saturated carbocycles. The zero-order valence-corrected chi connectivity index (χ0v) is 21.2. The van der Waals surface area contributed by atoms with Crippen LogP contribution in [0, 0.1) is 10.8 Å². The summed E-state index contributed by atoms with van der Waals surface area (Å²) in [5.41, 5.74) is -0.561. The number of rotatable bonds is 16. The van der Waals surface area contributed by atoms with Crippen molar-refractivity contribution in [1.29, 1.82) is 0 Å². The van der Waals surface area contributed by atoms with Gasteiger partial charge in [0.15, 0.2) is 0 Å². The topological polar surface area (TPSA) is 76.0 Å². The van der Waals surface area contributed by atoms with Crippen molar-refractivity contribution in [2.24, 2.45) is 10.8 Å². The molecular formula is C27H50O5. The number of carbonyl (C=O) groups is 1. The lowest BCUT2D eigenvalue weighted by Gasteiger charge is -2.21. The van der Waals surface area contributed by atoms with Crippen LogP contribution in [0.15, 0.2) is 0 Å². The molecule has 5 nitrogen and oxygen atoms in total. The average Bonchev–Trinajstić information content (AvgIpc) is 3.38. The molecule has 0 spiro atoms. The third-order valence-corrected chi connectivity index (χ3v) is 7.66. The minimum Gasteiger partial charge on any atom is -0.481 e. The molecule has 2 rings (SSSR count). The van der Waals surface area contributed by atoms with Gasteiger partial charge in [0.05, 0.1) is 29.8 Å². The Kier molecular flexibility index (Phi) is 11.5. The second kappa shape index (κ2) is 13.3. The van der Waals surface area contributed by atoms with Crippen molar-refractivity contribution in [2.45, 2.75) is 148 Å². The molecule has 2 aliphatic heterocycles. The summed E-state index contributed by atoms with van der Waals surface area (Å²) in [5.74, 6) is -0.700. The van der Waals surface area contributed by atoms with Crippen LogP contribution in [0.2, 0.25) is 0 Å². The Morgan fingerprint density at radius 3 is 1.53 bits per heavy atom. The summed E-state index contributed by atoms with van der Waals surface area (Å²) in [7, 11) is 0. The minimum absolute atomic E-state index is 0.0532. The fourth-order valence-corrected chi connectivity index (χ4v) is 5.08. The highest BCUT2D eigenvalue weighted by atomic mass is 16.5. The van der Waals surface area contributed by atoms with Gasteiger partial charge in [0.25, 0.3) is 0 Å². The van der Waals surface area contributed by atoms with Crippen molar-refractivity contribution in [2.75, 3.05) is 6.61 Å². The molecule has 2 N–H and O–H groups in total. The molecule has 2 saturated heterocycles. The number of hydrogen-bond donors (Lipinski definition) is 2. The molecule has 0 bridgehead atoms. The molecule has 0 aromatic rings. The number of carboxylic acid groups (broad SMARTS) is 1. The first-order valence-electron chi connectivity index (χ1n) is 13.3. The molecule has 0 radical (unpaired) electrons. The normalized spacial score (nSPS) is 26.7. The summed E-state index contributed by atoms with van der Waals surface area (Å²) < 4.78 is 12.5. The molecule has 32 heavy (non-hydrogen) atoms. The van der Waals surface area contributed by atoms with E-state index in [1.807, 2.05) is 13.8 Å². The first-order chi connectivity index (χ1) is 15.1. The number of aliphatic hydroxyl groups is 1. The van der Waals surface area contributed by atoms with Gasteiger partial charge in [-0.3, -0.25) is 4.79 Å². The number of aliphatic carboxylic acids is 1. The van der Waals surface area contributed by atoms with Crippen LogP contribution in [0.25, 0.3) is 0 Å². The highest BCUT2D eigenvalue weighted by molar-refractivity contribution is 5.73. The number of unbranched alkanes of at least 4 members (excludes halogenated alkanes) is 2. The van der Waals surface area contributed by atoms with Crippen LogP contribution in [0.1, 0.15) is 124 Å². The van der Waals surface area contributed by atoms with E-state index >= 15 is 0 Å². The van der Waals surface area contributed by atoms with Crippen molar-refractivity contribution in [3.05, 3.63) is 0 Å². The second-order valence-corrected chi connectivity index (χ2v) is 11.8. The van der Waals surface area contributed by atoms with Gasteiger partial charge in [-0.1, -0.05) is 39.5 Å². The maximum Gasteiger partial charge on any atom is 0.309 e. The van der Waals surface area contributed by atoms with Crippen molar-refractivity contribution in [1.82, 2.24) is 0 Å². The quantitative estimate of drug-likeness (QED) is 0.260. The van der Waals surface area contributed by atoms with Crippen molar-refractivity contribution in [3.63, 3.8) is 0 Å². The summed E-state index contributed by atoms with van der Waals surface area (Å²) in [6, 6.07) is 0. The third-order valence-electron chi connectivity index (χ3n) is 7.66. The number of ether oxygens (including phenoxy) is 2. The van der Waals surface area contributed by atoms with Crippen LogP contribution >= 0.6 is 0 Å². The van der Waals surface area contributed by atoms with Gasteiger partial charge in [0.1, 0.15) is 0 Å². The predicted octanol–water partition coefficient (Wildman–Crippen LogP) is 6.50. The minimum atomic E-state index is -0.700. The van der Waals surface area contributed by atoms with Crippen LogP contribution in [-0.4, -0.2) is 47.2 Å². The standard InChI is InChI=1S/C27H50O5/c1-26(2,20-28)18-7-5-10-21-14-16-23(31-21)12-9-13-24-17-15-22(32-24)11-6-8-19-27(3,4)25(29)30/h21-24,28H,5-20H2,1-4H3,(H,29,30). The zero-order valence-electron chi connectivity index (χ0n) is 21.2. The van der Waals surface area contributed by atoms with Crippen LogP contribution in [-0.2, 0) is 14.3 Å². The van der Waals surface area contributed by atoms with Crippen molar-refractivity contribution in [3.8, 4) is 0 Å². The molecule has 0 aromatic carbocycles. The molecule has 0 amide bonds. The molecule has 4 unspecified atom stereocenters. The van der Waals surface area contributed by atoms with Crippen molar-refractivity contribution >= 4 is 5.97 Å². The third kappa shape index (κ3) is 10.1. The average molecular weight is 455 g/mol. The lowest BCUT2D eigenvalue weighted by molar-refractivity contribution is -0.147. The summed E-state index contributed by atoms with van der Waals surface area (Å²) in [5, 5.41) is 18.6. The van der Waals surface area contributed by atoms with Gasteiger partial charge in [-0.25, -0.2) is 0 Å². The van der Waals surface area contributed by atoms with E-state index in [0.29, 0.717) is 24.4 Å². The Bertz CT molecular complexity index is 544. The Labute approximate surface area is 196 Å². The Hall–Kier alpha value is -0.650. The van der Waals surface area contributed by atoms with E-state index in [0.717, 1.165) is 57.8 Å². The van der Waals surface area contributed by atoms with Gasteiger partial charge in [0.2, 0.25) is 0 Å². The van der Waals surface area contributed by atoms with Crippen LogP contribution < -0.4 is 0 Å². The molecule has 2 aliphatic rings. The monoisotopic (exact) mass is 454 g/mol. The van der Waals surface area contributed by atoms with E-state index in [2.05, 4.69) is 13.8 Å². The van der Waals surface area contributed by atoms with Gasteiger partial charge in [-0.15, -0.1) is 0 Å². The van der Waals surface area contributed by atoms with E-state index in [1.165, 1.54) is 38.5 Å². The van der Waals surface area contributed by atoms with Gasteiger partial charge >= 0.3 is 5.97 Å². The van der Waals surface area contributed by atoms with Gasteiger partial charge in [0, 0.05) is 6.61 Å². The molecular weight excluding hydrogens is 404 g/mol. The largest absolute Gasteiger partial charge is 0.481 e. The summed E-state index contributed by atoms with van der Waals surface area (Å²) in [6.45, 7) is 8.16. The Morgan fingerprint density at radius 2 is 1.12 bits per heavy atom. The molecule has 0 aliphatic carbocycles. The number of hydrogen-bond acceptors (Lipinski definition) is 4. The highest BCUT2D eigenvalue weighted by Gasteiger charge is 2.29. The molecule has 188 valence electrons. The maximum absolute atomic E-state index is 11.2. The Morgan fingerprint density at radius 1 is 0.719 bits per heavy atom. The zero-order chi connectivity index (χ0) is 23.6.